The highest BCUT2D eigenvalue weighted by atomic mass is 32.1. The van der Waals surface area contributed by atoms with Crippen molar-refractivity contribution < 1.29 is 4.79 Å². The van der Waals surface area contributed by atoms with E-state index in [0.717, 1.165) is 41.5 Å². The summed E-state index contributed by atoms with van der Waals surface area (Å²) < 4.78 is 0. The van der Waals surface area contributed by atoms with Gasteiger partial charge in [-0.3, -0.25) is 4.79 Å². The first-order valence-corrected chi connectivity index (χ1v) is 11.0. The van der Waals surface area contributed by atoms with E-state index in [1.807, 2.05) is 47.5 Å². The van der Waals surface area contributed by atoms with Gasteiger partial charge in [0.05, 0.1) is 10.8 Å². The maximum Gasteiger partial charge on any atom is 0.231 e. The Labute approximate surface area is 176 Å². The lowest BCUT2D eigenvalue weighted by atomic mass is 9.96. The molecule has 0 saturated carbocycles. The summed E-state index contributed by atoms with van der Waals surface area (Å²) >= 11 is 1.66. The smallest absolute Gasteiger partial charge is 0.231 e. The molecule has 1 fully saturated rings. The van der Waals surface area contributed by atoms with Crippen LogP contribution < -0.4 is 9.80 Å². The molecule has 1 atom stereocenters. The molecule has 5 nitrogen and oxygen atoms in total. The van der Waals surface area contributed by atoms with E-state index in [4.69, 9.17) is 0 Å². The van der Waals surface area contributed by atoms with Crippen LogP contribution in [-0.2, 0) is 4.79 Å². The van der Waals surface area contributed by atoms with Crippen LogP contribution in [0, 0.1) is 12.8 Å². The standard InChI is InChI=1S/C23H26N4OS/c1-3-27(19-9-4-7-17(2)15-19)23(28)18-8-5-13-26(16-18)22-12-11-20(24-25-22)21-10-6-14-29-21/h4,6-7,9-12,14-15,18H,3,5,8,13,16H2,1-2H3. The van der Waals surface area contributed by atoms with Gasteiger partial charge in [0, 0.05) is 25.3 Å². The van der Waals surface area contributed by atoms with Crippen molar-refractivity contribution >= 4 is 28.7 Å². The van der Waals surface area contributed by atoms with Gasteiger partial charge < -0.3 is 9.80 Å². The predicted octanol–water partition coefficient (Wildman–Crippen LogP) is 4.78. The molecule has 3 aromatic rings. The minimum atomic E-state index is -0.0250. The average molecular weight is 407 g/mol. The molecular weight excluding hydrogens is 380 g/mol. The molecule has 1 aliphatic rings. The molecule has 1 aromatic carbocycles. The van der Waals surface area contributed by atoms with E-state index < -0.39 is 0 Å². The summed E-state index contributed by atoms with van der Waals surface area (Å²) in [5, 5.41) is 10.9. The number of anilines is 2. The molecule has 29 heavy (non-hydrogen) atoms. The van der Waals surface area contributed by atoms with E-state index in [9.17, 15) is 4.79 Å². The van der Waals surface area contributed by atoms with E-state index in [1.165, 1.54) is 5.56 Å². The Bertz CT molecular complexity index is 955. The van der Waals surface area contributed by atoms with Gasteiger partial charge in [-0.25, -0.2) is 0 Å². The number of benzene rings is 1. The maximum atomic E-state index is 13.3. The molecule has 0 spiro atoms. The lowest BCUT2D eigenvalue weighted by molar-refractivity contribution is -0.122. The Kier molecular flexibility index (Phi) is 5.90. The second-order valence-electron chi connectivity index (χ2n) is 7.46. The zero-order valence-electron chi connectivity index (χ0n) is 16.9. The third kappa shape index (κ3) is 4.32. The Morgan fingerprint density at radius 2 is 2.10 bits per heavy atom. The van der Waals surface area contributed by atoms with Crippen LogP contribution in [0.3, 0.4) is 0 Å². The minimum Gasteiger partial charge on any atom is -0.354 e. The molecule has 1 amide bonds. The number of thiophene rings is 1. The Balaban J connectivity index is 1.48. The number of carbonyl (C=O) groups excluding carboxylic acids is 1. The van der Waals surface area contributed by atoms with Gasteiger partial charge in [-0.05, 0) is 68.0 Å². The number of hydrogen-bond acceptors (Lipinski definition) is 5. The van der Waals surface area contributed by atoms with E-state index >= 15 is 0 Å². The fraction of sp³-hybridized carbons (Fsp3) is 0.348. The Morgan fingerprint density at radius 3 is 2.79 bits per heavy atom. The number of carbonyl (C=O) groups is 1. The van der Waals surface area contributed by atoms with Gasteiger partial charge in [-0.1, -0.05) is 18.2 Å². The SMILES string of the molecule is CCN(C(=O)C1CCCN(c2ccc(-c3cccs3)nn2)C1)c1cccc(C)c1. The predicted molar refractivity (Wildman–Crippen MR) is 119 cm³/mol. The highest BCUT2D eigenvalue weighted by Gasteiger charge is 2.30. The number of nitrogens with zero attached hydrogens (tertiary/aromatic N) is 4. The Hall–Kier alpha value is -2.73. The monoisotopic (exact) mass is 406 g/mol. The molecule has 1 saturated heterocycles. The van der Waals surface area contributed by atoms with Crippen molar-refractivity contribution in [2.24, 2.45) is 5.92 Å². The third-order valence-corrected chi connectivity index (χ3v) is 6.31. The molecule has 2 aromatic heterocycles. The molecule has 0 bridgehead atoms. The normalized spacial score (nSPS) is 16.6. The van der Waals surface area contributed by atoms with Gasteiger partial charge in [-0.2, -0.15) is 0 Å². The van der Waals surface area contributed by atoms with E-state index in [0.29, 0.717) is 13.1 Å². The number of piperidine rings is 1. The van der Waals surface area contributed by atoms with Gasteiger partial charge in [0.2, 0.25) is 5.91 Å². The highest BCUT2D eigenvalue weighted by Crippen LogP contribution is 2.27. The summed E-state index contributed by atoms with van der Waals surface area (Å²) in [4.78, 5) is 18.5. The van der Waals surface area contributed by atoms with Gasteiger partial charge in [0.25, 0.3) is 0 Å². The molecule has 0 radical (unpaired) electrons. The quantitative estimate of drug-likeness (QED) is 0.612. The minimum absolute atomic E-state index is 0.0250. The Morgan fingerprint density at radius 1 is 1.21 bits per heavy atom. The van der Waals surface area contributed by atoms with Gasteiger partial charge in [-0.15, -0.1) is 21.5 Å². The fourth-order valence-electron chi connectivity index (χ4n) is 3.92. The van der Waals surface area contributed by atoms with Crippen molar-refractivity contribution in [3.8, 4) is 10.6 Å². The van der Waals surface area contributed by atoms with Crippen LogP contribution in [0.2, 0.25) is 0 Å². The van der Waals surface area contributed by atoms with Gasteiger partial charge >= 0.3 is 0 Å². The highest BCUT2D eigenvalue weighted by molar-refractivity contribution is 7.13. The van der Waals surface area contributed by atoms with Crippen LogP contribution in [0.4, 0.5) is 11.5 Å². The number of amides is 1. The second kappa shape index (κ2) is 8.74. The first kappa shape index (κ1) is 19.6. The van der Waals surface area contributed by atoms with E-state index in [2.05, 4.69) is 40.2 Å². The van der Waals surface area contributed by atoms with E-state index in [-0.39, 0.29) is 11.8 Å². The molecule has 3 heterocycles. The van der Waals surface area contributed by atoms with Crippen molar-refractivity contribution in [2.45, 2.75) is 26.7 Å². The summed E-state index contributed by atoms with van der Waals surface area (Å²) in [6.07, 6.45) is 1.90. The third-order valence-electron chi connectivity index (χ3n) is 5.41. The fourth-order valence-corrected chi connectivity index (χ4v) is 4.61. The zero-order valence-corrected chi connectivity index (χ0v) is 17.7. The summed E-state index contributed by atoms with van der Waals surface area (Å²) in [5.41, 5.74) is 3.04. The number of rotatable bonds is 5. The maximum absolute atomic E-state index is 13.3. The van der Waals surface area contributed by atoms with Crippen molar-refractivity contribution in [1.29, 1.82) is 0 Å². The van der Waals surface area contributed by atoms with Crippen molar-refractivity contribution in [3.63, 3.8) is 0 Å². The van der Waals surface area contributed by atoms with Crippen LogP contribution in [-0.4, -0.2) is 35.7 Å². The van der Waals surface area contributed by atoms with Crippen LogP contribution in [0.15, 0.2) is 53.9 Å². The average Bonchev–Trinajstić information content (AvgIpc) is 3.29. The van der Waals surface area contributed by atoms with Gasteiger partial charge in [0.15, 0.2) is 5.82 Å². The number of aromatic nitrogens is 2. The molecule has 0 aliphatic carbocycles. The molecule has 4 rings (SSSR count). The molecule has 150 valence electrons. The van der Waals surface area contributed by atoms with Crippen molar-refractivity contribution in [3.05, 3.63) is 59.5 Å². The van der Waals surface area contributed by atoms with Crippen LogP contribution in [0.25, 0.3) is 10.6 Å². The van der Waals surface area contributed by atoms with Crippen molar-refractivity contribution in [2.75, 3.05) is 29.4 Å². The first-order chi connectivity index (χ1) is 14.2. The van der Waals surface area contributed by atoms with Gasteiger partial charge in [0.1, 0.15) is 5.69 Å². The lowest BCUT2D eigenvalue weighted by Crippen LogP contribution is -2.45. The topological polar surface area (TPSA) is 49.3 Å². The molecular formula is C23H26N4OS. The van der Waals surface area contributed by atoms with Crippen LogP contribution in [0.5, 0.6) is 0 Å². The molecule has 6 heteroatoms. The summed E-state index contributed by atoms with van der Waals surface area (Å²) in [7, 11) is 0. The molecule has 1 unspecified atom stereocenters. The molecule has 1 aliphatic heterocycles. The largest absolute Gasteiger partial charge is 0.354 e. The summed E-state index contributed by atoms with van der Waals surface area (Å²) in [5.74, 6) is 1.02. The van der Waals surface area contributed by atoms with Crippen LogP contribution in [0.1, 0.15) is 25.3 Å². The summed E-state index contributed by atoms with van der Waals surface area (Å²) in [6.45, 7) is 6.37. The number of hydrogen-bond donors (Lipinski definition) is 0. The van der Waals surface area contributed by atoms with Crippen molar-refractivity contribution in [1.82, 2.24) is 10.2 Å². The summed E-state index contributed by atoms with van der Waals surface area (Å²) in [6, 6.07) is 16.3. The first-order valence-electron chi connectivity index (χ1n) is 10.2. The zero-order chi connectivity index (χ0) is 20.2. The molecule has 0 N–H and O–H groups in total. The van der Waals surface area contributed by atoms with Crippen LogP contribution >= 0.6 is 11.3 Å². The second-order valence-corrected chi connectivity index (χ2v) is 8.41. The number of aryl methyl sites for hydroxylation is 1. The van der Waals surface area contributed by atoms with E-state index in [1.54, 1.807) is 11.3 Å². The lowest BCUT2D eigenvalue weighted by Gasteiger charge is -2.35.